The van der Waals surface area contributed by atoms with E-state index >= 15 is 0 Å². The third kappa shape index (κ3) is 7.18. The van der Waals surface area contributed by atoms with Gasteiger partial charge in [-0.05, 0) is 0 Å². The van der Waals surface area contributed by atoms with Gasteiger partial charge in [0.2, 0.25) is 0 Å². The van der Waals surface area contributed by atoms with Crippen LogP contribution in [-0.4, -0.2) is 59.8 Å². The number of hydrogen-bond donors (Lipinski definition) is 0. The second kappa shape index (κ2) is 15.8. The van der Waals surface area contributed by atoms with E-state index in [-0.39, 0.29) is 0 Å². The van der Waals surface area contributed by atoms with Crippen molar-refractivity contribution in [2.75, 3.05) is 0 Å². The normalized spacial score (nSPS) is 11.7. The van der Waals surface area contributed by atoms with Gasteiger partial charge in [0, 0.05) is 64.6 Å². The predicted molar refractivity (Wildman–Crippen MR) is 253 cm³/mol. The highest BCUT2D eigenvalue weighted by atomic mass is 32.1. The van der Waals surface area contributed by atoms with Crippen molar-refractivity contribution in [1.29, 1.82) is 0 Å². The molecule has 24 heteroatoms. The van der Waals surface area contributed by atoms with Crippen LogP contribution in [0.2, 0.25) is 0 Å². The molecule has 0 fully saturated rings. The van der Waals surface area contributed by atoms with E-state index in [1.54, 1.807) is 125 Å². The van der Waals surface area contributed by atoms with Crippen LogP contribution in [0.1, 0.15) is 0 Å². The average molecular weight is 998 g/mol. The van der Waals surface area contributed by atoms with Crippen LogP contribution >= 0.6 is 136 Å². The minimum Gasteiger partial charge on any atom is -0.242 e. The highest BCUT2D eigenvalue weighted by molar-refractivity contribution is 7.19. The third-order valence-electron chi connectivity index (χ3n) is 8.27. The van der Waals surface area contributed by atoms with Gasteiger partial charge in [-0.3, -0.25) is 0 Å². The van der Waals surface area contributed by atoms with E-state index in [1.807, 2.05) is 70.1 Å². The Bertz CT molecular complexity index is 3160. The number of rotatable bonds is 11. The van der Waals surface area contributed by atoms with Gasteiger partial charge >= 0.3 is 0 Å². The van der Waals surface area contributed by atoms with Crippen LogP contribution in [-0.2, 0) is 0 Å². The summed E-state index contributed by atoms with van der Waals surface area (Å²) in [6, 6.07) is 0. The standard InChI is InChI=1S/C36H13N12S12/c1-2-50-26(37-1)16-4-52-28(39-16)18-6-54-30(41-18)20-8-56-32(43-20)22-10-58-34(45-22)24-12-60-36(47-24)25-13-59-35(48-25)23-11-57-33(46-23)21-9-55-31(44-21)19-7-53-29(42-19)17-5-51-27(40-17)15-3-49-14-38-15/h2-14H. The second-order valence-electron chi connectivity index (χ2n) is 12.0. The van der Waals surface area contributed by atoms with E-state index in [2.05, 4.69) is 16.2 Å². The number of thiazole rings is 12. The first-order valence-corrected chi connectivity index (χ1v) is 27.5. The maximum absolute atomic E-state index is 4.92. The quantitative estimate of drug-likeness (QED) is 0.121. The summed E-state index contributed by atoms with van der Waals surface area (Å²) in [5.41, 5.74) is 11.0. The molecule has 0 saturated heterocycles. The predicted octanol–water partition coefficient (Wildman–Crippen LogP) is 13.3. The fraction of sp³-hybridized carbons (Fsp3) is 0. The Kier molecular flexibility index (Phi) is 9.82. The molecule has 0 spiro atoms. The molecule has 0 aromatic carbocycles. The van der Waals surface area contributed by atoms with Gasteiger partial charge in [0.05, 0.1) is 5.51 Å². The van der Waals surface area contributed by atoms with Crippen LogP contribution in [0.3, 0.4) is 0 Å². The molecule has 0 saturated carbocycles. The summed E-state index contributed by atoms with van der Waals surface area (Å²) in [7, 11) is 0. The first-order chi connectivity index (χ1) is 29.6. The van der Waals surface area contributed by atoms with Gasteiger partial charge in [0.25, 0.3) is 0 Å². The monoisotopic (exact) mass is 997 g/mol. The SMILES string of the molecule is [c]1csc(-c2csc(-c3csc(-c4csc(-c5csc(-c6csc(-c7csc(-c8csc(-c9csc(-c%10csc(-c%11csc(-c%12cscn%12)n%11)n%10)n9)n8)n7)n6)n5)n4)n3)n2)n1. The largest absolute Gasteiger partial charge is 0.242 e. The van der Waals surface area contributed by atoms with Gasteiger partial charge in [0.15, 0.2) is 0 Å². The van der Waals surface area contributed by atoms with Crippen molar-refractivity contribution in [3.8, 4) is 118 Å². The lowest BCUT2D eigenvalue weighted by Crippen LogP contribution is -1.83. The molecule has 289 valence electrons. The topological polar surface area (TPSA) is 155 Å². The van der Waals surface area contributed by atoms with Crippen molar-refractivity contribution >= 4 is 136 Å². The number of hydrogen-bond acceptors (Lipinski definition) is 24. The molecule has 0 aliphatic carbocycles. The van der Waals surface area contributed by atoms with E-state index in [0.717, 1.165) is 118 Å². The van der Waals surface area contributed by atoms with Crippen molar-refractivity contribution in [3.05, 3.63) is 76.3 Å². The number of nitrogens with zero attached hydrogens (tertiary/aromatic N) is 12. The molecular formula is C36H13N12S12. The van der Waals surface area contributed by atoms with E-state index in [9.17, 15) is 0 Å². The molecular weight excluding hydrogens is 985 g/mol. The highest BCUT2D eigenvalue weighted by Crippen LogP contribution is 2.40. The lowest BCUT2D eigenvalue weighted by Gasteiger charge is -1.91. The Morgan fingerprint density at radius 1 is 0.267 bits per heavy atom. The molecule has 60 heavy (non-hydrogen) atoms. The van der Waals surface area contributed by atoms with E-state index in [1.165, 1.54) is 11.3 Å². The lowest BCUT2D eigenvalue weighted by molar-refractivity contribution is 1.28. The molecule has 0 N–H and O–H groups in total. The Morgan fingerprint density at radius 2 is 0.517 bits per heavy atom. The summed E-state index contributed by atoms with van der Waals surface area (Å²) in [6.07, 6.45) is 2.85. The van der Waals surface area contributed by atoms with Gasteiger partial charge in [-0.25, -0.2) is 59.8 Å². The van der Waals surface area contributed by atoms with Crippen LogP contribution in [0.4, 0.5) is 0 Å². The molecule has 1 radical (unpaired) electrons. The Labute approximate surface area is 385 Å². The Hall–Kier alpha value is -4.44. The zero-order valence-corrected chi connectivity index (χ0v) is 39.1. The molecule has 0 unspecified atom stereocenters. The molecule has 12 rings (SSSR count). The van der Waals surface area contributed by atoms with E-state index < -0.39 is 0 Å². The molecule has 0 bridgehead atoms. The smallest absolute Gasteiger partial charge is 0.143 e. The van der Waals surface area contributed by atoms with Crippen molar-refractivity contribution in [3.63, 3.8) is 0 Å². The third-order valence-corrected chi connectivity index (χ3v) is 18.3. The van der Waals surface area contributed by atoms with Crippen molar-refractivity contribution in [2.45, 2.75) is 0 Å². The fourth-order valence-electron chi connectivity index (χ4n) is 5.53. The summed E-state index contributed by atoms with van der Waals surface area (Å²) < 4.78 is 0. The fourth-order valence-corrected chi connectivity index (χ4v) is 15.1. The van der Waals surface area contributed by atoms with Gasteiger partial charge in [-0.15, -0.1) is 136 Å². The van der Waals surface area contributed by atoms with Gasteiger partial charge in [-0.1, -0.05) is 0 Å². The summed E-state index contributed by atoms with van der Waals surface area (Å²) in [5, 5.41) is 33.4. The van der Waals surface area contributed by atoms with Gasteiger partial charge in [-0.2, -0.15) is 0 Å². The summed E-state index contributed by atoms with van der Waals surface area (Å²) in [4.78, 5) is 57.3. The Balaban J connectivity index is 0.709. The molecule has 0 aliphatic rings. The summed E-state index contributed by atoms with van der Waals surface area (Å²) >= 11 is 18.7. The second-order valence-corrected chi connectivity index (χ2v) is 22.2. The van der Waals surface area contributed by atoms with Crippen molar-refractivity contribution in [1.82, 2.24) is 59.8 Å². The van der Waals surface area contributed by atoms with Crippen LogP contribution in [0, 0.1) is 6.20 Å². The molecule has 0 atom stereocenters. The zero-order valence-electron chi connectivity index (χ0n) is 29.3. The molecule has 12 nitrogen and oxygen atoms in total. The van der Waals surface area contributed by atoms with E-state index in [0.29, 0.717) is 0 Å². The van der Waals surface area contributed by atoms with Gasteiger partial charge < -0.3 is 0 Å². The average Bonchev–Trinajstić information content (AvgIpc) is 4.14. The molecule has 12 aromatic heterocycles. The maximum Gasteiger partial charge on any atom is 0.143 e. The van der Waals surface area contributed by atoms with Crippen molar-refractivity contribution in [2.24, 2.45) is 0 Å². The lowest BCUT2D eigenvalue weighted by atomic mass is 10.4. The van der Waals surface area contributed by atoms with Gasteiger partial charge in [0.1, 0.15) is 124 Å². The molecule has 0 amide bonds. The van der Waals surface area contributed by atoms with Crippen LogP contribution in [0.25, 0.3) is 118 Å². The summed E-state index contributed by atoms with van der Waals surface area (Å²) in [6.45, 7) is 0. The molecule has 0 aliphatic heterocycles. The maximum atomic E-state index is 4.92. The van der Waals surface area contributed by atoms with Crippen LogP contribution < -0.4 is 0 Å². The minimum atomic E-state index is 0.815. The van der Waals surface area contributed by atoms with Crippen LogP contribution in [0.5, 0.6) is 0 Å². The zero-order chi connectivity index (χ0) is 39.6. The van der Waals surface area contributed by atoms with Crippen molar-refractivity contribution < 1.29 is 0 Å². The van der Waals surface area contributed by atoms with Crippen LogP contribution in [0.15, 0.2) is 70.1 Å². The Morgan fingerprint density at radius 3 is 0.733 bits per heavy atom. The first-order valence-electron chi connectivity index (χ1n) is 16.9. The number of aromatic nitrogens is 12. The molecule has 12 aromatic rings. The molecule has 12 heterocycles. The minimum absolute atomic E-state index is 0.815. The first kappa shape index (κ1) is 37.3. The highest BCUT2D eigenvalue weighted by Gasteiger charge is 2.20. The summed E-state index contributed by atoms with van der Waals surface area (Å²) in [5.74, 6) is 0. The van der Waals surface area contributed by atoms with E-state index in [4.69, 9.17) is 49.8 Å².